The molecule has 0 aliphatic carbocycles. The number of methoxy groups -OCH3 is 1. The van der Waals surface area contributed by atoms with Crippen molar-refractivity contribution in [2.24, 2.45) is 0 Å². The molecule has 16 heavy (non-hydrogen) atoms. The van der Waals surface area contributed by atoms with Gasteiger partial charge in [-0.05, 0) is 12.1 Å². The van der Waals surface area contributed by atoms with Crippen LogP contribution in [0.25, 0.3) is 11.0 Å². The lowest BCUT2D eigenvalue weighted by Gasteiger charge is -2.03. The molecule has 86 valence electrons. The molecule has 3 nitrogen and oxygen atoms in total. The van der Waals surface area contributed by atoms with E-state index in [0.29, 0.717) is 9.84 Å². The summed E-state index contributed by atoms with van der Waals surface area (Å²) in [5, 5.41) is 0. The lowest BCUT2D eigenvalue weighted by Crippen LogP contribution is -2.10. The van der Waals surface area contributed by atoms with Crippen molar-refractivity contribution in [3.05, 3.63) is 24.0 Å². The molecule has 0 aliphatic rings. The molecule has 1 aromatic heterocycles. The summed E-state index contributed by atoms with van der Waals surface area (Å²) >= 11 is 5.53. The molecule has 0 aliphatic heterocycles. The van der Waals surface area contributed by atoms with Gasteiger partial charge in [-0.2, -0.15) is 13.2 Å². The number of benzene rings is 1. The van der Waals surface area contributed by atoms with E-state index in [9.17, 15) is 13.2 Å². The van der Waals surface area contributed by atoms with Crippen LogP contribution in [0.4, 0.5) is 13.2 Å². The Morgan fingerprint density at radius 2 is 2.06 bits per heavy atom. The van der Waals surface area contributed by atoms with Gasteiger partial charge in [0, 0.05) is 17.8 Å². The number of halogens is 4. The van der Waals surface area contributed by atoms with Crippen molar-refractivity contribution in [2.75, 3.05) is 7.11 Å². The first kappa shape index (κ1) is 11.1. The van der Waals surface area contributed by atoms with Gasteiger partial charge >= 0.3 is 6.18 Å². The van der Waals surface area contributed by atoms with E-state index in [2.05, 4.69) is 4.98 Å². The minimum absolute atomic E-state index is 0.140. The van der Waals surface area contributed by atoms with E-state index in [1.807, 2.05) is 0 Å². The minimum Gasteiger partial charge on any atom is -0.497 e. The number of hydrogen-bond donors (Lipinski definition) is 0. The second-order valence-electron chi connectivity index (χ2n) is 3.07. The number of imidazole rings is 1. The predicted octanol–water partition coefficient (Wildman–Crippen LogP) is 3.07. The minimum atomic E-state index is -4.58. The van der Waals surface area contributed by atoms with Crippen LogP contribution in [0.5, 0.6) is 5.75 Å². The molecular weight excluding hydrogens is 245 g/mol. The summed E-state index contributed by atoms with van der Waals surface area (Å²) in [4.78, 5) is 3.42. The third kappa shape index (κ3) is 1.69. The Morgan fingerprint density at radius 1 is 1.38 bits per heavy atom. The van der Waals surface area contributed by atoms with Crippen LogP contribution in [0.15, 0.2) is 18.2 Å². The summed E-state index contributed by atoms with van der Waals surface area (Å²) in [6, 6.07) is 4.33. The highest BCUT2D eigenvalue weighted by Crippen LogP contribution is 2.33. The van der Waals surface area contributed by atoms with Crippen LogP contribution in [-0.2, 0) is 6.18 Å². The highest BCUT2D eigenvalue weighted by Gasteiger charge is 2.37. The molecule has 0 spiro atoms. The molecule has 0 atom stereocenters. The van der Waals surface area contributed by atoms with Crippen LogP contribution < -0.4 is 4.74 Å². The van der Waals surface area contributed by atoms with Crippen molar-refractivity contribution < 1.29 is 17.9 Å². The molecule has 1 heterocycles. The fraction of sp³-hybridized carbons (Fsp3) is 0.222. The number of nitrogens with zero attached hydrogens (tertiary/aromatic N) is 2. The van der Waals surface area contributed by atoms with Crippen molar-refractivity contribution >= 4 is 22.8 Å². The standard InChI is InChI=1S/C9H6ClF3N2O/c1-16-5-2-3-7-6(4-5)14-8(15(7)10)9(11,12)13/h2-4H,1H3. The third-order valence-corrected chi connectivity index (χ3v) is 2.40. The first-order valence-electron chi connectivity index (χ1n) is 4.23. The number of ether oxygens (including phenoxy) is 1. The van der Waals surface area contributed by atoms with E-state index in [1.165, 1.54) is 25.3 Å². The van der Waals surface area contributed by atoms with E-state index in [4.69, 9.17) is 16.5 Å². The lowest BCUT2D eigenvalue weighted by molar-refractivity contribution is -0.145. The highest BCUT2D eigenvalue weighted by atomic mass is 35.5. The van der Waals surface area contributed by atoms with Crippen molar-refractivity contribution in [1.82, 2.24) is 9.07 Å². The topological polar surface area (TPSA) is 27.1 Å². The van der Waals surface area contributed by atoms with Gasteiger partial charge in [0.25, 0.3) is 0 Å². The zero-order chi connectivity index (χ0) is 11.9. The fourth-order valence-electron chi connectivity index (χ4n) is 1.33. The van der Waals surface area contributed by atoms with Crippen molar-refractivity contribution in [3.63, 3.8) is 0 Å². The van der Waals surface area contributed by atoms with Crippen LogP contribution in [0.3, 0.4) is 0 Å². The molecule has 0 saturated heterocycles. The number of aromatic nitrogens is 2. The summed E-state index contributed by atoms with van der Waals surface area (Å²) in [6.07, 6.45) is -4.58. The second-order valence-corrected chi connectivity index (χ2v) is 3.41. The van der Waals surface area contributed by atoms with Gasteiger partial charge in [0.2, 0.25) is 5.82 Å². The smallest absolute Gasteiger partial charge is 0.451 e. The van der Waals surface area contributed by atoms with Crippen LogP contribution in [-0.4, -0.2) is 16.2 Å². The molecule has 0 radical (unpaired) electrons. The Bertz CT molecular complexity index is 535. The molecule has 0 bridgehead atoms. The Morgan fingerprint density at radius 3 is 2.62 bits per heavy atom. The summed E-state index contributed by atoms with van der Waals surface area (Å²) in [6.45, 7) is 0. The average Bonchev–Trinajstić information content (AvgIpc) is 2.55. The van der Waals surface area contributed by atoms with Crippen LogP contribution in [0, 0.1) is 0 Å². The first-order valence-corrected chi connectivity index (χ1v) is 4.57. The molecule has 1 aromatic carbocycles. The van der Waals surface area contributed by atoms with Crippen LogP contribution >= 0.6 is 11.8 Å². The van der Waals surface area contributed by atoms with Crippen molar-refractivity contribution in [1.29, 1.82) is 0 Å². The van der Waals surface area contributed by atoms with Gasteiger partial charge in [0.1, 0.15) is 5.75 Å². The van der Waals surface area contributed by atoms with E-state index in [1.54, 1.807) is 0 Å². The van der Waals surface area contributed by atoms with E-state index >= 15 is 0 Å². The lowest BCUT2D eigenvalue weighted by atomic mass is 10.3. The molecule has 0 amide bonds. The molecule has 0 unspecified atom stereocenters. The Hall–Kier alpha value is -1.43. The van der Waals surface area contributed by atoms with E-state index in [-0.39, 0.29) is 11.0 Å². The van der Waals surface area contributed by atoms with Gasteiger partial charge in [-0.15, -0.1) is 0 Å². The monoisotopic (exact) mass is 250 g/mol. The van der Waals surface area contributed by atoms with E-state index < -0.39 is 12.0 Å². The maximum Gasteiger partial charge on any atom is 0.451 e. The third-order valence-electron chi connectivity index (χ3n) is 2.06. The van der Waals surface area contributed by atoms with Crippen LogP contribution in [0.1, 0.15) is 5.82 Å². The molecule has 7 heteroatoms. The molecule has 2 aromatic rings. The van der Waals surface area contributed by atoms with Gasteiger partial charge in [-0.1, -0.05) is 0 Å². The Kier molecular flexibility index (Phi) is 2.46. The van der Waals surface area contributed by atoms with Gasteiger partial charge in [-0.3, -0.25) is 0 Å². The summed E-state index contributed by atoms with van der Waals surface area (Å²) in [5.74, 6) is -0.714. The zero-order valence-electron chi connectivity index (χ0n) is 8.05. The number of hydrogen-bond acceptors (Lipinski definition) is 2. The van der Waals surface area contributed by atoms with Crippen molar-refractivity contribution in [2.45, 2.75) is 6.18 Å². The summed E-state index contributed by atoms with van der Waals surface area (Å²) in [5.41, 5.74) is 0.330. The number of rotatable bonds is 1. The number of alkyl halides is 3. The maximum atomic E-state index is 12.5. The zero-order valence-corrected chi connectivity index (χ0v) is 8.80. The van der Waals surface area contributed by atoms with Gasteiger partial charge in [0.15, 0.2) is 0 Å². The van der Waals surface area contributed by atoms with Gasteiger partial charge < -0.3 is 4.74 Å². The largest absolute Gasteiger partial charge is 0.497 e. The Balaban J connectivity index is 2.68. The van der Waals surface area contributed by atoms with Crippen molar-refractivity contribution in [3.8, 4) is 5.75 Å². The Labute approximate surface area is 93.5 Å². The second kappa shape index (κ2) is 3.55. The quantitative estimate of drug-likeness (QED) is 0.778. The first-order chi connectivity index (χ1) is 7.43. The predicted molar refractivity (Wildman–Crippen MR) is 52.5 cm³/mol. The van der Waals surface area contributed by atoms with E-state index in [0.717, 1.165) is 0 Å². The number of fused-ring (bicyclic) bond motifs is 1. The van der Waals surface area contributed by atoms with Gasteiger partial charge in [0.05, 0.1) is 18.1 Å². The van der Waals surface area contributed by atoms with Crippen LogP contribution in [0.2, 0.25) is 0 Å². The SMILES string of the molecule is COc1ccc2c(c1)nc(C(F)(F)F)n2Cl. The molecule has 0 fully saturated rings. The molecular formula is C9H6ClF3N2O. The molecule has 0 saturated carbocycles. The maximum absolute atomic E-state index is 12.5. The average molecular weight is 251 g/mol. The van der Waals surface area contributed by atoms with Gasteiger partial charge in [-0.25, -0.2) is 9.07 Å². The summed E-state index contributed by atoms with van der Waals surface area (Å²) < 4.78 is 42.8. The molecule has 0 N–H and O–H groups in total. The normalized spacial score (nSPS) is 12.1. The molecule has 2 rings (SSSR count). The summed E-state index contributed by atoms with van der Waals surface area (Å²) in [7, 11) is 1.42. The highest BCUT2D eigenvalue weighted by molar-refractivity contribution is 6.19. The fourth-order valence-corrected chi connectivity index (χ4v) is 1.61.